The number of rotatable bonds is 7. The number of nitrogens with one attached hydrogen (secondary N) is 1. The van der Waals surface area contributed by atoms with Crippen LogP contribution in [0.1, 0.15) is 13.3 Å². The molecule has 0 aromatic carbocycles. The van der Waals surface area contributed by atoms with Gasteiger partial charge in [0.15, 0.2) is 0 Å². The largest absolute Gasteiger partial charge is 0.463 e. The lowest BCUT2D eigenvalue weighted by atomic mass is 10.0. The summed E-state index contributed by atoms with van der Waals surface area (Å²) in [5.74, 6) is -0.369. The number of hydrogen-bond donors (Lipinski definition) is 1. The third-order valence-corrected chi connectivity index (χ3v) is 2.57. The molecule has 1 rings (SSSR count). The van der Waals surface area contributed by atoms with Gasteiger partial charge in [-0.05, 0) is 13.0 Å². The predicted molar refractivity (Wildman–Crippen MR) is 59.2 cm³/mol. The van der Waals surface area contributed by atoms with Crippen LogP contribution in [0.25, 0.3) is 0 Å². The molecule has 2 atom stereocenters. The Hall–Kier alpha value is -0.650. The van der Waals surface area contributed by atoms with Crippen LogP contribution in [-0.2, 0) is 19.0 Å². The van der Waals surface area contributed by atoms with E-state index in [-0.39, 0.29) is 17.9 Å². The van der Waals surface area contributed by atoms with Gasteiger partial charge in [-0.25, -0.2) is 0 Å². The molecule has 0 saturated carbocycles. The Balaban J connectivity index is 2.29. The molecule has 1 aliphatic heterocycles. The number of esters is 1. The van der Waals surface area contributed by atoms with Crippen molar-refractivity contribution in [2.75, 3.05) is 40.1 Å². The second-order valence-corrected chi connectivity index (χ2v) is 3.86. The van der Waals surface area contributed by atoms with E-state index in [4.69, 9.17) is 14.2 Å². The van der Waals surface area contributed by atoms with Crippen LogP contribution in [0.5, 0.6) is 0 Å². The van der Waals surface area contributed by atoms with Crippen LogP contribution in [0.2, 0.25) is 0 Å². The van der Waals surface area contributed by atoms with Gasteiger partial charge in [0.1, 0.15) is 6.61 Å². The van der Waals surface area contributed by atoms with E-state index < -0.39 is 0 Å². The Kier molecular flexibility index (Phi) is 6.37. The molecule has 5 nitrogen and oxygen atoms in total. The highest BCUT2D eigenvalue weighted by Crippen LogP contribution is 2.15. The van der Waals surface area contributed by atoms with Crippen LogP contribution in [-0.4, -0.2) is 52.1 Å². The molecule has 94 valence electrons. The molecule has 2 unspecified atom stereocenters. The van der Waals surface area contributed by atoms with Gasteiger partial charge >= 0.3 is 5.97 Å². The highest BCUT2D eigenvalue weighted by Gasteiger charge is 2.34. The summed E-state index contributed by atoms with van der Waals surface area (Å²) in [6.07, 6.45) is 1.04. The first-order valence-corrected chi connectivity index (χ1v) is 5.76. The van der Waals surface area contributed by atoms with Crippen molar-refractivity contribution >= 4 is 5.97 Å². The second-order valence-electron chi connectivity index (χ2n) is 3.86. The van der Waals surface area contributed by atoms with Gasteiger partial charge in [0.2, 0.25) is 0 Å². The van der Waals surface area contributed by atoms with E-state index in [9.17, 15) is 4.79 Å². The maximum Gasteiger partial charge on any atom is 0.313 e. The van der Waals surface area contributed by atoms with Crippen LogP contribution in [0, 0.1) is 5.92 Å². The fraction of sp³-hybridized carbons (Fsp3) is 0.909. The van der Waals surface area contributed by atoms with E-state index in [2.05, 4.69) is 12.2 Å². The zero-order chi connectivity index (χ0) is 11.8. The monoisotopic (exact) mass is 231 g/mol. The first-order chi connectivity index (χ1) is 7.79. The van der Waals surface area contributed by atoms with Crippen LogP contribution in [0.4, 0.5) is 0 Å². The Morgan fingerprint density at radius 3 is 2.94 bits per heavy atom. The molecular weight excluding hydrogens is 210 g/mol. The van der Waals surface area contributed by atoms with Crippen molar-refractivity contribution in [1.29, 1.82) is 0 Å². The quantitative estimate of drug-likeness (QED) is 0.501. The molecule has 16 heavy (non-hydrogen) atoms. The predicted octanol–water partition coefficient (Wildman–Crippen LogP) is 0.191. The first-order valence-electron chi connectivity index (χ1n) is 5.76. The summed E-state index contributed by atoms with van der Waals surface area (Å²) in [6.45, 7) is 4.78. The lowest BCUT2D eigenvalue weighted by Crippen LogP contribution is -2.40. The van der Waals surface area contributed by atoms with Crippen molar-refractivity contribution in [2.24, 2.45) is 5.92 Å². The minimum absolute atomic E-state index is 0.0926. The Morgan fingerprint density at radius 1 is 1.44 bits per heavy atom. The van der Waals surface area contributed by atoms with E-state index in [1.54, 1.807) is 7.11 Å². The Bertz CT molecular complexity index is 210. The number of carbonyl (C=O) groups is 1. The summed E-state index contributed by atoms with van der Waals surface area (Å²) in [6, 6.07) is 0.0926. The summed E-state index contributed by atoms with van der Waals surface area (Å²) in [5, 5.41) is 3.30. The van der Waals surface area contributed by atoms with E-state index in [0.717, 1.165) is 13.0 Å². The van der Waals surface area contributed by atoms with Crippen LogP contribution >= 0.6 is 0 Å². The van der Waals surface area contributed by atoms with E-state index in [0.29, 0.717) is 26.4 Å². The van der Waals surface area contributed by atoms with Gasteiger partial charge < -0.3 is 19.5 Å². The molecule has 1 aliphatic rings. The minimum atomic E-state index is -0.192. The van der Waals surface area contributed by atoms with Gasteiger partial charge in [0.05, 0.1) is 25.7 Å². The van der Waals surface area contributed by atoms with Gasteiger partial charge in [-0.15, -0.1) is 0 Å². The van der Waals surface area contributed by atoms with Crippen molar-refractivity contribution in [2.45, 2.75) is 19.4 Å². The van der Waals surface area contributed by atoms with Crippen molar-refractivity contribution in [3.05, 3.63) is 0 Å². The zero-order valence-electron chi connectivity index (χ0n) is 10.0. The van der Waals surface area contributed by atoms with Crippen LogP contribution in [0.15, 0.2) is 0 Å². The van der Waals surface area contributed by atoms with Gasteiger partial charge in [0, 0.05) is 13.2 Å². The third-order valence-electron chi connectivity index (χ3n) is 2.57. The Morgan fingerprint density at radius 2 is 2.25 bits per heavy atom. The van der Waals surface area contributed by atoms with Gasteiger partial charge in [-0.2, -0.15) is 0 Å². The molecule has 1 N–H and O–H groups in total. The van der Waals surface area contributed by atoms with Crippen LogP contribution in [0.3, 0.4) is 0 Å². The molecule has 0 aromatic heterocycles. The first kappa shape index (κ1) is 13.4. The summed E-state index contributed by atoms with van der Waals surface area (Å²) < 4.78 is 15.2. The summed E-state index contributed by atoms with van der Waals surface area (Å²) in [7, 11) is 1.58. The zero-order valence-corrected chi connectivity index (χ0v) is 10.0. The number of ether oxygens (including phenoxy) is 3. The van der Waals surface area contributed by atoms with Gasteiger partial charge in [0.25, 0.3) is 0 Å². The number of hydrogen-bond acceptors (Lipinski definition) is 5. The van der Waals surface area contributed by atoms with Crippen molar-refractivity contribution in [3.8, 4) is 0 Å². The van der Waals surface area contributed by atoms with E-state index in [1.807, 2.05) is 0 Å². The van der Waals surface area contributed by atoms with Gasteiger partial charge in [-0.1, -0.05) is 6.92 Å². The third kappa shape index (κ3) is 4.08. The normalized spacial score (nSPS) is 24.6. The maximum absolute atomic E-state index is 11.7. The second kappa shape index (κ2) is 7.60. The average molecular weight is 231 g/mol. The molecular formula is C11H21NO4. The SMILES string of the molecule is CCCNC1COCC1C(=O)OCCOC. The molecule has 1 heterocycles. The highest BCUT2D eigenvalue weighted by molar-refractivity contribution is 5.73. The smallest absolute Gasteiger partial charge is 0.313 e. The summed E-state index contributed by atoms with van der Waals surface area (Å²) in [5.41, 5.74) is 0. The Labute approximate surface area is 96.4 Å². The van der Waals surface area contributed by atoms with Crippen molar-refractivity contribution in [1.82, 2.24) is 5.32 Å². The van der Waals surface area contributed by atoms with Crippen molar-refractivity contribution < 1.29 is 19.0 Å². The molecule has 0 radical (unpaired) electrons. The maximum atomic E-state index is 11.7. The molecule has 1 fully saturated rings. The summed E-state index contributed by atoms with van der Waals surface area (Å²) >= 11 is 0. The molecule has 0 aliphatic carbocycles. The average Bonchev–Trinajstić information content (AvgIpc) is 2.74. The molecule has 0 aromatic rings. The molecule has 5 heteroatoms. The lowest BCUT2D eigenvalue weighted by molar-refractivity contribution is -0.150. The summed E-state index contributed by atoms with van der Waals surface area (Å²) in [4.78, 5) is 11.7. The molecule has 0 amide bonds. The van der Waals surface area contributed by atoms with Gasteiger partial charge in [-0.3, -0.25) is 4.79 Å². The minimum Gasteiger partial charge on any atom is -0.463 e. The van der Waals surface area contributed by atoms with E-state index >= 15 is 0 Å². The number of carbonyl (C=O) groups excluding carboxylic acids is 1. The molecule has 1 saturated heterocycles. The molecule has 0 bridgehead atoms. The molecule has 0 spiro atoms. The fourth-order valence-corrected chi connectivity index (χ4v) is 1.65. The van der Waals surface area contributed by atoms with Crippen LogP contribution < -0.4 is 5.32 Å². The highest BCUT2D eigenvalue weighted by atomic mass is 16.6. The topological polar surface area (TPSA) is 56.8 Å². The lowest BCUT2D eigenvalue weighted by Gasteiger charge is -2.17. The van der Waals surface area contributed by atoms with E-state index in [1.165, 1.54) is 0 Å². The van der Waals surface area contributed by atoms with Crippen molar-refractivity contribution in [3.63, 3.8) is 0 Å². The number of methoxy groups -OCH3 is 1. The fourth-order valence-electron chi connectivity index (χ4n) is 1.65. The standard InChI is InChI=1S/C11H21NO4/c1-3-4-12-10-8-15-7-9(10)11(13)16-6-5-14-2/h9-10,12H,3-8H2,1-2H3.